The van der Waals surface area contributed by atoms with Crippen molar-refractivity contribution in [1.82, 2.24) is 14.3 Å². The van der Waals surface area contributed by atoms with Gasteiger partial charge in [-0.25, -0.2) is 4.98 Å². The van der Waals surface area contributed by atoms with Gasteiger partial charge in [0.15, 0.2) is 5.69 Å². The van der Waals surface area contributed by atoms with Gasteiger partial charge in [-0.15, -0.1) is 0 Å². The number of piperidine rings is 1. The molecule has 21 heavy (non-hydrogen) atoms. The Labute approximate surface area is 122 Å². The van der Waals surface area contributed by atoms with Crippen LogP contribution in [0.2, 0.25) is 0 Å². The lowest BCUT2D eigenvalue weighted by atomic mass is 10.0. The van der Waals surface area contributed by atoms with Crippen molar-refractivity contribution in [3.8, 4) is 0 Å². The fraction of sp³-hybridized carbons (Fsp3) is 0.500. The average Bonchev–Trinajstić information content (AvgIpc) is 2.85. The maximum atomic E-state index is 11.4. The van der Waals surface area contributed by atoms with Crippen LogP contribution in [0, 0.1) is 10.1 Å². The third kappa shape index (κ3) is 2.62. The summed E-state index contributed by atoms with van der Waals surface area (Å²) in [6, 6.07) is 5.40. The van der Waals surface area contributed by atoms with E-state index in [4.69, 9.17) is 0 Å². The molecule has 1 saturated heterocycles. The first-order valence-corrected chi connectivity index (χ1v) is 7.16. The summed E-state index contributed by atoms with van der Waals surface area (Å²) in [5, 5.41) is 20.8. The van der Waals surface area contributed by atoms with Gasteiger partial charge in [-0.3, -0.25) is 4.90 Å². The Morgan fingerprint density at radius 2 is 2.29 bits per heavy atom. The Morgan fingerprint density at radius 1 is 1.43 bits per heavy atom. The lowest BCUT2D eigenvalue weighted by Crippen LogP contribution is -2.41. The predicted octanol–water partition coefficient (Wildman–Crippen LogP) is 1.59. The van der Waals surface area contributed by atoms with Crippen LogP contribution in [0.4, 0.5) is 5.82 Å². The second-order valence-electron chi connectivity index (χ2n) is 5.37. The van der Waals surface area contributed by atoms with E-state index >= 15 is 0 Å². The van der Waals surface area contributed by atoms with Crippen molar-refractivity contribution in [2.24, 2.45) is 0 Å². The minimum absolute atomic E-state index is 0.0212. The highest BCUT2D eigenvalue weighted by molar-refractivity contribution is 5.48. The van der Waals surface area contributed by atoms with Crippen molar-refractivity contribution >= 4 is 11.5 Å². The summed E-state index contributed by atoms with van der Waals surface area (Å²) in [5.74, 6) is 0.0212. The maximum Gasteiger partial charge on any atom is 0.352 e. The fourth-order valence-electron chi connectivity index (χ4n) is 3.00. The van der Waals surface area contributed by atoms with E-state index in [0.29, 0.717) is 17.9 Å². The zero-order valence-electron chi connectivity index (χ0n) is 11.7. The number of rotatable bonds is 4. The number of aromatic nitrogens is 2. The monoisotopic (exact) mass is 290 g/mol. The highest BCUT2D eigenvalue weighted by atomic mass is 16.6. The van der Waals surface area contributed by atoms with E-state index in [1.165, 1.54) is 4.40 Å². The Bertz CT molecular complexity index is 655. The molecule has 1 aliphatic heterocycles. The molecule has 2 aromatic heterocycles. The standard InChI is InChI=1S/C14H18N4O3/c19-10-11-5-1-3-7-16(11)9-12-14(18(20)21)17-8-4-2-6-13(17)15-12/h2,4,6,8,11,19H,1,3,5,7,9-10H2. The van der Waals surface area contributed by atoms with Gasteiger partial charge >= 0.3 is 5.82 Å². The molecule has 1 unspecified atom stereocenters. The molecule has 1 fully saturated rings. The van der Waals surface area contributed by atoms with Crippen LogP contribution in [0.5, 0.6) is 0 Å². The van der Waals surface area contributed by atoms with Crippen LogP contribution in [-0.2, 0) is 6.54 Å². The van der Waals surface area contributed by atoms with E-state index in [-0.39, 0.29) is 23.4 Å². The Morgan fingerprint density at radius 3 is 3.05 bits per heavy atom. The van der Waals surface area contributed by atoms with Crippen molar-refractivity contribution in [3.05, 3.63) is 40.2 Å². The second-order valence-corrected chi connectivity index (χ2v) is 5.37. The first kappa shape index (κ1) is 14.0. The summed E-state index contributed by atoms with van der Waals surface area (Å²) in [5.41, 5.74) is 1.04. The van der Waals surface area contributed by atoms with Crippen molar-refractivity contribution in [3.63, 3.8) is 0 Å². The van der Waals surface area contributed by atoms with Crippen LogP contribution < -0.4 is 0 Å². The van der Waals surface area contributed by atoms with E-state index in [9.17, 15) is 15.2 Å². The van der Waals surface area contributed by atoms with Crippen molar-refractivity contribution in [2.75, 3.05) is 13.2 Å². The van der Waals surface area contributed by atoms with Gasteiger partial charge in [0.25, 0.3) is 0 Å². The third-order valence-electron chi connectivity index (χ3n) is 4.06. The minimum atomic E-state index is -0.382. The SMILES string of the molecule is O=[N+]([O-])c1c(CN2CCCCC2CO)nc2ccccn12. The van der Waals surface area contributed by atoms with Gasteiger partial charge in [0, 0.05) is 18.7 Å². The molecule has 1 aliphatic rings. The van der Waals surface area contributed by atoms with E-state index in [2.05, 4.69) is 9.88 Å². The third-order valence-corrected chi connectivity index (χ3v) is 4.06. The van der Waals surface area contributed by atoms with Crippen LogP contribution >= 0.6 is 0 Å². The number of nitro groups is 1. The largest absolute Gasteiger partial charge is 0.395 e. The Kier molecular flexibility index (Phi) is 3.85. The zero-order valence-corrected chi connectivity index (χ0v) is 11.7. The number of hydrogen-bond acceptors (Lipinski definition) is 5. The number of likely N-dealkylation sites (tertiary alicyclic amines) is 1. The summed E-state index contributed by atoms with van der Waals surface area (Å²) < 4.78 is 1.51. The van der Waals surface area contributed by atoms with Crippen molar-refractivity contribution in [1.29, 1.82) is 0 Å². The molecule has 0 saturated carbocycles. The van der Waals surface area contributed by atoms with E-state index in [1.54, 1.807) is 18.3 Å². The highest BCUT2D eigenvalue weighted by Crippen LogP contribution is 2.25. The predicted molar refractivity (Wildman–Crippen MR) is 77.0 cm³/mol. The number of hydrogen-bond donors (Lipinski definition) is 1. The summed E-state index contributed by atoms with van der Waals surface area (Å²) >= 11 is 0. The minimum Gasteiger partial charge on any atom is -0.395 e. The number of aliphatic hydroxyl groups is 1. The van der Waals surface area contributed by atoms with Crippen LogP contribution in [-0.4, -0.2) is 43.5 Å². The first-order chi connectivity index (χ1) is 10.2. The summed E-state index contributed by atoms with van der Waals surface area (Å²) in [6.07, 6.45) is 4.73. The Balaban J connectivity index is 1.96. The molecule has 1 N–H and O–H groups in total. The molecule has 0 spiro atoms. The molecule has 0 radical (unpaired) electrons. The molecule has 3 rings (SSSR count). The number of pyridine rings is 1. The molecule has 0 aliphatic carbocycles. The van der Waals surface area contributed by atoms with Crippen LogP contribution in [0.1, 0.15) is 25.0 Å². The number of fused-ring (bicyclic) bond motifs is 1. The molecule has 0 bridgehead atoms. The van der Waals surface area contributed by atoms with Gasteiger partial charge < -0.3 is 15.2 Å². The van der Waals surface area contributed by atoms with Crippen molar-refractivity contribution < 1.29 is 10.0 Å². The average molecular weight is 290 g/mol. The van der Waals surface area contributed by atoms with Crippen LogP contribution in [0.15, 0.2) is 24.4 Å². The summed E-state index contributed by atoms with van der Waals surface area (Å²) in [4.78, 5) is 17.5. The van der Waals surface area contributed by atoms with Gasteiger partial charge in [0.2, 0.25) is 5.65 Å². The Hall–Kier alpha value is -1.99. The summed E-state index contributed by atoms with van der Waals surface area (Å²) in [6.45, 7) is 1.33. The zero-order chi connectivity index (χ0) is 14.8. The van der Waals surface area contributed by atoms with Gasteiger partial charge in [0.05, 0.1) is 12.8 Å². The maximum absolute atomic E-state index is 11.4. The topological polar surface area (TPSA) is 83.9 Å². The number of nitrogens with zero attached hydrogens (tertiary/aromatic N) is 4. The van der Waals surface area contributed by atoms with Crippen molar-refractivity contribution in [2.45, 2.75) is 31.8 Å². The lowest BCUT2D eigenvalue weighted by molar-refractivity contribution is -0.391. The molecular formula is C14H18N4O3. The smallest absolute Gasteiger partial charge is 0.352 e. The quantitative estimate of drug-likeness (QED) is 0.683. The normalized spacial score (nSPS) is 20.0. The summed E-state index contributed by atoms with van der Waals surface area (Å²) in [7, 11) is 0. The molecule has 0 aromatic carbocycles. The van der Waals surface area contributed by atoms with Crippen LogP contribution in [0.3, 0.4) is 0 Å². The van der Waals surface area contributed by atoms with Crippen LogP contribution in [0.25, 0.3) is 5.65 Å². The molecule has 3 heterocycles. The molecule has 7 nitrogen and oxygen atoms in total. The fourth-order valence-corrected chi connectivity index (χ4v) is 3.00. The van der Waals surface area contributed by atoms with Gasteiger partial charge in [-0.2, -0.15) is 4.40 Å². The molecule has 0 amide bonds. The molecule has 1 atom stereocenters. The molecule has 7 heteroatoms. The van der Waals surface area contributed by atoms with Gasteiger partial charge in [-0.05, 0) is 30.4 Å². The molecule has 112 valence electrons. The van der Waals surface area contributed by atoms with E-state index < -0.39 is 0 Å². The van der Waals surface area contributed by atoms with E-state index in [0.717, 1.165) is 25.8 Å². The number of imidazole rings is 1. The number of aliphatic hydroxyl groups excluding tert-OH is 1. The van der Waals surface area contributed by atoms with Gasteiger partial charge in [-0.1, -0.05) is 12.5 Å². The highest BCUT2D eigenvalue weighted by Gasteiger charge is 2.28. The molecule has 2 aromatic rings. The first-order valence-electron chi connectivity index (χ1n) is 7.16. The lowest BCUT2D eigenvalue weighted by Gasteiger charge is -2.33. The molecular weight excluding hydrogens is 272 g/mol. The van der Waals surface area contributed by atoms with Gasteiger partial charge in [0.1, 0.15) is 0 Å². The van der Waals surface area contributed by atoms with E-state index in [1.807, 2.05) is 6.07 Å². The second kappa shape index (κ2) is 5.79.